The van der Waals surface area contributed by atoms with Crippen molar-refractivity contribution in [3.05, 3.63) is 18.2 Å². The number of nitrogens with zero attached hydrogens (tertiary/aromatic N) is 1. The summed E-state index contributed by atoms with van der Waals surface area (Å²) < 4.78 is 0. The standard InChI is InChI=1S/C15H22N4O5S/c1-15(2,13(23)17-6-5-9-7-16-8-18-9)14(24)19-10(12(22)25)3-4-11(20)21/h7-8,10H,3-6H2,1-2H3,(H,16,18)(H,17,23)(H,19,24)(H,20,21)(H,22,25)/t10-/m0/s1. The molecule has 10 heteroatoms. The third-order valence-electron chi connectivity index (χ3n) is 3.62. The van der Waals surface area contributed by atoms with Crippen molar-refractivity contribution >= 4 is 35.5 Å². The molecule has 0 saturated heterocycles. The summed E-state index contributed by atoms with van der Waals surface area (Å²) in [5.41, 5.74) is -0.587. The third-order valence-corrected chi connectivity index (χ3v) is 3.93. The van der Waals surface area contributed by atoms with E-state index in [1.54, 1.807) is 6.20 Å². The Morgan fingerprint density at radius 2 is 2.00 bits per heavy atom. The van der Waals surface area contributed by atoms with Crippen molar-refractivity contribution in [1.82, 2.24) is 20.6 Å². The zero-order valence-electron chi connectivity index (χ0n) is 14.0. The SMILES string of the molecule is CC(C)(C(=O)NCCc1cnc[nH]1)C(=O)N[C@@H](CCC(=O)O)C(=O)S. The summed E-state index contributed by atoms with van der Waals surface area (Å²) in [6.45, 7) is 3.15. The van der Waals surface area contributed by atoms with Crippen LogP contribution in [0.1, 0.15) is 32.4 Å². The van der Waals surface area contributed by atoms with E-state index in [0.717, 1.165) is 5.69 Å². The second-order valence-corrected chi connectivity index (χ2v) is 6.45. The number of imidazole rings is 1. The number of nitrogens with one attached hydrogen (secondary N) is 3. The van der Waals surface area contributed by atoms with Gasteiger partial charge in [0.15, 0.2) is 0 Å². The van der Waals surface area contributed by atoms with Gasteiger partial charge >= 0.3 is 5.97 Å². The van der Waals surface area contributed by atoms with Gasteiger partial charge in [0.05, 0.1) is 12.4 Å². The number of amides is 2. The molecule has 1 aromatic rings. The van der Waals surface area contributed by atoms with Crippen LogP contribution in [0.2, 0.25) is 0 Å². The molecule has 1 aromatic heterocycles. The highest BCUT2D eigenvalue weighted by Crippen LogP contribution is 2.17. The second-order valence-electron chi connectivity index (χ2n) is 6.00. The number of thiol groups is 1. The van der Waals surface area contributed by atoms with Gasteiger partial charge in [0.25, 0.3) is 0 Å². The summed E-state index contributed by atoms with van der Waals surface area (Å²) >= 11 is 3.65. The molecular weight excluding hydrogens is 348 g/mol. The molecule has 0 saturated carbocycles. The van der Waals surface area contributed by atoms with Crippen molar-refractivity contribution in [3.8, 4) is 0 Å². The highest BCUT2D eigenvalue weighted by atomic mass is 32.1. The van der Waals surface area contributed by atoms with E-state index in [4.69, 9.17) is 5.11 Å². The molecule has 1 rings (SSSR count). The molecule has 1 heterocycles. The average molecular weight is 370 g/mol. The van der Waals surface area contributed by atoms with Crippen LogP contribution in [0.3, 0.4) is 0 Å². The number of rotatable bonds is 10. The zero-order valence-corrected chi connectivity index (χ0v) is 14.9. The number of carbonyl (C=O) groups is 4. The summed E-state index contributed by atoms with van der Waals surface area (Å²) in [5.74, 6) is -2.28. The Balaban J connectivity index is 2.58. The van der Waals surface area contributed by atoms with Crippen molar-refractivity contribution < 1.29 is 24.3 Å². The predicted octanol–water partition coefficient (Wildman–Crippen LogP) is -0.0994. The van der Waals surface area contributed by atoms with Crippen LogP contribution in [0.15, 0.2) is 12.5 Å². The number of carbonyl (C=O) groups excluding carboxylic acids is 3. The molecule has 0 aliphatic rings. The molecule has 0 aliphatic carbocycles. The Labute approximate surface area is 150 Å². The van der Waals surface area contributed by atoms with Gasteiger partial charge in [-0.2, -0.15) is 0 Å². The highest BCUT2D eigenvalue weighted by molar-refractivity contribution is 7.96. The Hall–Kier alpha value is -2.36. The van der Waals surface area contributed by atoms with Gasteiger partial charge in [0.1, 0.15) is 5.41 Å². The summed E-state index contributed by atoms with van der Waals surface area (Å²) in [6, 6.07) is -1.07. The first-order chi connectivity index (χ1) is 11.6. The first-order valence-electron chi connectivity index (χ1n) is 7.65. The monoisotopic (exact) mass is 370 g/mol. The molecule has 0 unspecified atom stereocenters. The van der Waals surface area contributed by atoms with Crippen LogP contribution in [-0.4, -0.2) is 50.6 Å². The molecule has 0 fully saturated rings. The van der Waals surface area contributed by atoms with Crippen LogP contribution >= 0.6 is 12.6 Å². The van der Waals surface area contributed by atoms with E-state index >= 15 is 0 Å². The topological polar surface area (TPSA) is 141 Å². The number of aliphatic carboxylic acids is 1. The average Bonchev–Trinajstić information content (AvgIpc) is 3.03. The van der Waals surface area contributed by atoms with Gasteiger partial charge in [-0.1, -0.05) is 0 Å². The lowest BCUT2D eigenvalue weighted by Gasteiger charge is -2.25. The second kappa shape index (κ2) is 9.21. The molecule has 1 atom stereocenters. The van der Waals surface area contributed by atoms with Gasteiger partial charge < -0.3 is 20.7 Å². The van der Waals surface area contributed by atoms with Crippen molar-refractivity contribution in [2.24, 2.45) is 5.41 Å². The lowest BCUT2D eigenvalue weighted by Crippen LogP contribution is -2.52. The van der Waals surface area contributed by atoms with Crippen LogP contribution in [0, 0.1) is 5.41 Å². The van der Waals surface area contributed by atoms with E-state index in [1.165, 1.54) is 20.2 Å². The first-order valence-corrected chi connectivity index (χ1v) is 8.10. The summed E-state index contributed by atoms with van der Waals surface area (Å²) in [6.07, 6.45) is 3.30. The number of carboxylic acid groups (broad SMARTS) is 1. The van der Waals surface area contributed by atoms with Crippen LogP contribution in [0.5, 0.6) is 0 Å². The Morgan fingerprint density at radius 1 is 1.32 bits per heavy atom. The van der Waals surface area contributed by atoms with Crippen molar-refractivity contribution in [1.29, 1.82) is 0 Å². The fourth-order valence-electron chi connectivity index (χ4n) is 1.92. The Morgan fingerprint density at radius 3 is 2.52 bits per heavy atom. The van der Waals surface area contributed by atoms with Gasteiger partial charge in [-0.25, -0.2) is 4.98 Å². The maximum absolute atomic E-state index is 12.3. The minimum Gasteiger partial charge on any atom is -0.481 e. The van der Waals surface area contributed by atoms with Gasteiger partial charge in [0, 0.05) is 31.3 Å². The molecule has 4 N–H and O–H groups in total. The number of carboxylic acids is 1. The van der Waals surface area contributed by atoms with E-state index < -0.39 is 34.4 Å². The molecule has 0 spiro atoms. The minimum atomic E-state index is -1.43. The maximum atomic E-state index is 12.3. The fraction of sp³-hybridized carbons (Fsp3) is 0.533. The van der Waals surface area contributed by atoms with E-state index in [2.05, 4.69) is 33.2 Å². The lowest BCUT2D eigenvalue weighted by atomic mass is 9.90. The number of aromatic nitrogens is 2. The van der Waals surface area contributed by atoms with Crippen LogP contribution in [0.25, 0.3) is 0 Å². The molecule has 138 valence electrons. The summed E-state index contributed by atoms with van der Waals surface area (Å²) in [7, 11) is 0. The van der Waals surface area contributed by atoms with E-state index in [0.29, 0.717) is 13.0 Å². The number of hydrogen-bond acceptors (Lipinski definition) is 5. The van der Waals surface area contributed by atoms with Crippen molar-refractivity contribution in [2.75, 3.05) is 6.54 Å². The summed E-state index contributed by atoms with van der Waals surface area (Å²) in [5, 5.41) is 13.1. The Kier molecular flexibility index (Phi) is 7.62. The smallest absolute Gasteiger partial charge is 0.303 e. The molecule has 9 nitrogen and oxygen atoms in total. The number of hydrogen-bond donors (Lipinski definition) is 5. The molecule has 0 aliphatic heterocycles. The lowest BCUT2D eigenvalue weighted by molar-refractivity contribution is -0.143. The van der Waals surface area contributed by atoms with Crippen molar-refractivity contribution in [2.45, 2.75) is 39.2 Å². The molecule has 0 radical (unpaired) electrons. The van der Waals surface area contributed by atoms with E-state index in [-0.39, 0.29) is 12.8 Å². The van der Waals surface area contributed by atoms with Crippen LogP contribution < -0.4 is 10.6 Å². The predicted molar refractivity (Wildman–Crippen MR) is 91.9 cm³/mol. The molecular formula is C15H22N4O5S. The molecule has 25 heavy (non-hydrogen) atoms. The normalized spacial score (nSPS) is 12.3. The Bertz CT molecular complexity index is 630. The van der Waals surface area contributed by atoms with E-state index in [1.807, 2.05) is 0 Å². The number of aromatic amines is 1. The van der Waals surface area contributed by atoms with E-state index in [9.17, 15) is 19.2 Å². The molecule has 0 bridgehead atoms. The largest absolute Gasteiger partial charge is 0.481 e. The van der Waals surface area contributed by atoms with Crippen molar-refractivity contribution in [3.63, 3.8) is 0 Å². The van der Waals surface area contributed by atoms with Gasteiger partial charge in [0.2, 0.25) is 16.9 Å². The number of H-pyrrole nitrogens is 1. The third kappa shape index (κ3) is 6.57. The molecule has 2 amide bonds. The first kappa shape index (κ1) is 20.7. The van der Waals surface area contributed by atoms with Crippen LogP contribution in [0.4, 0.5) is 0 Å². The highest BCUT2D eigenvalue weighted by Gasteiger charge is 2.37. The fourth-order valence-corrected chi connectivity index (χ4v) is 2.11. The quantitative estimate of drug-likeness (QED) is 0.288. The van der Waals surface area contributed by atoms with Gasteiger partial charge in [-0.3, -0.25) is 19.2 Å². The zero-order chi connectivity index (χ0) is 19.0. The summed E-state index contributed by atoms with van der Waals surface area (Å²) in [4.78, 5) is 53.4. The molecule has 0 aromatic carbocycles. The minimum absolute atomic E-state index is 0.0963. The van der Waals surface area contributed by atoms with Gasteiger partial charge in [-0.15, -0.1) is 12.6 Å². The maximum Gasteiger partial charge on any atom is 0.303 e. The van der Waals surface area contributed by atoms with Gasteiger partial charge in [-0.05, 0) is 20.3 Å². The van der Waals surface area contributed by atoms with Crippen LogP contribution in [-0.2, 0) is 25.6 Å².